The van der Waals surface area contributed by atoms with E-state index in [9.17, 15) is 9.90 Å². The highest BCUT2D eigenvalue weighted by molar-refractivity contribution is 5.93. The molecule has 1 amide bonds. The Morgan fingerprint density at radius 2 is 2.22 bits per heavy atom. The van der Waals surface area contributed by atoms with Crippen molar-refractivity contribution in [2.75, 3.05) is 26.8 Å². The van der Waals surface area contributed by atoms with Crippen LogP contribution < -0.4 is 0 Å². The highest BCUT2D eigenvalue weighted by atomic mass is 16.5. The Labute approximate surface area is 106 Å². The van der Waals surface area contributed by atoms with Crippen LogP contribution in [0.3, 0.4) is 0 Å². The van der Waals surface area contributed by atoms with E-state index in [0.717, 1.165) is 0 Å². The summed E-state index contributed by atoms with van der Waals surface area (Å²) in [6.45, 7) is 1.38. The molecule has 0 unspecified atom stereocenters. The van der Waals surface area contributed by atoms with Gasteiger partial charge in [-0.1, -0.05) is 0 Å². The molecule has 6 nitrogen and oxygen atoms in total. The average Bonchev–Trinajstić information content (AvgIpc) is 2.39. The summed E-state index contributed by atoms with van der Waals surface area (Å²) in [6, 6.07) is 1.61. The van der Waals surface area contributed by atoms with Gasteiger partial charge in [0.25, 0.3) is 5.91 Å². The number of carbonyl (C=O) groups is 1. The van der Waals surface area contributed by atoms with Crippen LogP contribution in [0.1, 0.15) is 23.2 Å². The van der Waals surface area contributed by atoms with Gasteiger partial charge in [-0.15, -0.1) is 0 Å². The Morgan fingerprint density at radius 3 is 2.83 bits per heavy atom. The molecule has 0 saturated carbocycles. The maximum absolute atomic E-state index is 12.1. The first-order chi connectivity index (χ1) is 8.61. The van der Waals surface area contributed by atoms with Gasteiger partial charge >= 0.3 is 0 Å². The first kappa shape index (κ1) is 12.9. The first-order valence-corrected chi connectivity index (χ1v) is 5.93. The van der Waals surface area contributed by atoms with E-state index in [-0.39, 0.29) is 5.91 Å². The largest absolute Gasteiger partial charge is 0.388 e. The van der Waals surface area contributed by atoms with E-state index in [0.29, 0.717) is 38.2 Å². The lowest BCUT2D eigenvalue weighted by atomic mass is 9.94. The third-order valence-corrected chi connectivity index (χ3v) is 3.13. The summed E-state index contributed by atoms with van der Waals surface area (Å²) in [4.78, 5) is 13.6. The molecule has 2 heterocycles. The van der Waals surface area contributed by atoms with Crippen molar-refractivity contribution >= 4 is 5.91 Å². The van der Waals surface area contributed by atoms with Gasteiger partial charge in [0.05, 0.1) is 23.6 Å². The molecule has 0 radical (unpaired) electrons. The Kier molecular flexibility index (Phi) is 3.88. The summed E-state index contributed by atoms with van der Waals surface area (Å²) in [5.74, 6) is -0.162. The van der Waals surface area contributed by atoms with Crippen LogP contribution in [0, 0.1) is 0 Å². The van der Waals surface area contributed by atoms with Crippen LogP contribution in [0.5, 0.6) is 0 Å². The summed E-state index contributed by atoms with van der Waals surface area (Å²) in [5, 5.41) is 17.6. The standard InChI is InChI=1S/C12H17N3O3/c1-15(9-12(17)3-6-18-7-4-12)11(16)10-2-5-13-14-8-10/h2,5,8,17H,3-4,6-7,9H2,1H3. The van der Waals surface area contributed by atoms with Gasteiger partial charge in [0.15, 0.2) is 0 Å². The Balaban J connectivity index is 1.99. The van der Waals surface area contributed by atoms with Gasteiger partial charge in [-0.25, -0.2) is 0 Å². The van der Waals surface area contributed by atoms with E-state index in [1.807, 2.05) is 0 Å². The van der Waals surface area contributed by atoms with E-state index in [1.54, 1.807) is 13.1 Å². The number of amides is 1. The Morgan fingerprint density at radius 1 is 1.50 bits per heavy atom. The van der Waals surface area contributed by atoms with Gasteiger partial charge in [-0.2, -0.15) is 10.2 Å². The summed E-state index contributed by atoms with van der Waals surface area (Å²) in [5.41, 5.74) is -0.369. The lowest BCUT2D eigenvalue weighted by molar-refractivity contribution is -0.0734. The van der Waals surface area contributed by atoms with Crippen LogP contribution >= 0.6 is 0 Å². The molecule has 6 heteroatoms. The van der Waals surface area contributed by atoms with E-state index in [4.69, 9.17) is 4.74 Å². The van der Waals surface area contributed by atoms with Crippen LogP contribution in [0.2, 0.25) is 0 Å². The second-order valence-corrected chi connectivity index (χ2v) is 4.63. The monoisotopic (exact) mass is 251 g/mol. The Bertz CT molecular complexity index is 404. The lowest BCUT2D eigenvalue weighted by Gasteiger charge is -2.35. The number of ether oxygens (including phenoxy) is 1. The van der Waals surface area contributed by atoms with Crippen molar-refractivity contribution in [2.45, 2.75) is 18.4 Å². The highest BCUT2D eigenvalue weighted by Crippen LogP contribution is 2.21. The number of rotatable bonds is 3. The zero-order valence-electron chi connectivity index (χ0n) is 10.4. The number of nitrogens with zero attached hydrogens (tertiary/aromatic N) is 3. The van der Waals surface area contributed by atoms with Crippen LogP contribution in [0.4, 0.5) is 0 Å². The number of hydrogen-bond acceptors (Lipinski definition) is 5. The number of hydrogen-bond donors (Lipinski definition) is 1. The number of aromatic nitrogens is 2. The molecule has 0 bridgehead atoms. The van der Waals surface area contributed by atoms with E-state index < -0.39 is 5.60 Å². The van der Waals surface area contributed by atoms with Gasteiger partial charge in [0, 0.05) is 39.6 Å². The minimum Gasteiger partial charge on any atom is -0.388 e. The minimum absolute atomic E-state index is 0.162. The smallest absolute Gasteiger partial charge is 0.255 e. The summed E-state index contributed by atoms with van der Waals surface area (Å²) in [7, 11) is 1.68. The average molecular weight is 251 g/mol. The molecule has 0 atom stereocenters. The van der Waals surface area contributed by atoms with Crippen molar-refractivity contribution in [3.05, 3.63) is 24.0 Å². The van der Waals surface area contributed by atoms with Crippen LogP contribution in [0.15, 0.2) is 18.5 Å². The summed E-state index contributed by atoms with van der Waals surface area (Å²) >= 11 is 0. The molecular weight excluding hydrogens is 234 g/mol. The third kappa shape index (κ3) is 3.02. The molecule has 1 aliphatic rings. The molecule has 1 aromatic rings. The van der Waals surface area contributed by atoms with E-state index >= 15 is 0 Å². The van der Waals surface area contributed by atoms with Crippen molar-refractivity contribution in [2.24, 2.45) is 0 Å². The van der Waals surface area contributed by atoms with Crippen LogP contribution in [-0.2, 0) is 4.74 Å². The molecule has 1 N–H and O–H groups in total. The predicted octanol–water partition coefficient (Wildman–Crippen LogP) is 0.0901. The molecule has 1 saturated heterocycles. The Hall–Kier alpha value is -1.53. The van der Waals surface area contributed by atoms with Gasteiger partial charge in [0.1, 0.15) is 0 Å². The molecule has 18 heavy (non-hydrogen) atoms. The first-order valence-electron chi connectivity index (χ1n) is 5.93. The van der Waals surface area contributed by atoms with Crippen molar-refractivity contribution in [3.63, 3.8) is 0 Å². The predicted molar refractivity (Wildman–Crippen MR) is 64.0 cm³/mol. The molecule has 0 spiro atoms. The van der Waals surface area contributed by atoms with E-state index in [2.05, 4.69) is 10.2 Å². The molecule has 1 fully saturated rings. The molecule has 1 aromatic heterocycles. The molecule has 0 aliphatic carbocycles. The number of likely N-dealkylation sites (N-methyl/N-ethyl adjacent to an activating group) is 1. The van der Waals surface area contributed by atoms with Gasteiger partial charge < -0.3 is 14.7 Å². The fourth-order valence-corrected chi connectivity index (χ4v) is 2.06. The SMILES string of the molecule is CN(CC1(O)CCOCC1)C(=O)c1ccnnc1. The quantitative estimate of drug-likeness (QED) is 0.824. The molecule has 2 rings (SSSR count). The molecular formula is C12H17N3O3. The van der Waals surface area contributed by atoms with Crippen molar-refractivity contribution in [3.8, 4) is 0 Å². The normalized spacial score (nSPS) is 18.3. The maximum Gasteiger partial charge on any atom is 0.255 e. The number of aliphatic hydroxyl groups is 1. The van der Waals surface area contributed by atoms with Gasteiger partial charge in [0.2, 0.25) is 0 Å². The van der Waals surface area contributed by atoms with Gasteiger partial charge in [-0.05, 0) is 6.07 Å². The third-order valence-electron chi connectivity index (χ3n) is 3.13. The fourth-order valence-electron chi connectivity index (χ4n) is 2.06. The number of carbonyl (C=O) groups excluding carboxylic acids is 1. The zero-order chi connectivity index (χ0) is 13.0. The van der Waals surface area contributed by atoms with Crippen molar-refractivity contribution in [1.82, 2.24) is 15.1 Å². The van der Waals surface area contributed by atoms with E-state index in [1.165, 1.54) is 17.3 Å². The summed E-state index contributed by atoms with van der Waals surface area (Å²) < 4.78 is 5.21. The topological polar surface area (TPSA) is 75.6 Å². The highest BCUT2D eigenvalue weighted by Gasteiger charge is 2.32. The van der Waals surface area contributed by atoms with Gasteiger partial charge in [-0.3, -0.25) is 4.79 Å². The lowest BCUT2D eigenvalue weighted by Crippen LogP contribution is -2.47. The molecule has 1 aliphatic heterocycles. The zero-order valence-corrected chi connectivity index (χ0v) is 10.4. The minimum atomic E-state index is -0.844. The molecule has 0 aromatic carbocycles. The molecule has 98 valence electrons. The second kappa shape index (κ2) is 5.41. The van der Waals surface area contributed by atoms with Crippen LogP contribution in [0.25, 0.3) is 0 Å². The van der Waals surface area contributed by atoms with Crippen LogP contribution in [-0.4, -0.2) is 58.5 Å². The second-order valence-electron chi connectivity index (χ2n) is 4.63. The fraction of sp³-hybridized carbons (Fsp3) is 0.583. The maximum atomic E-state index is 12.1. The summed E-state index contributed by atoms with van der Waals surface area (Å²) in [6.07, 6.45) is 4.01. The van der Waals surface area contributed by atoms with Crippen molar-refractivity contribution in [1.29, 1.82) is 0 Å². The van der Waals surface area contributed by atoms with Crippen molar-refractivity contribution < 1.29 is 14.6 Å².